The van der Waals surface area contributed by atoms with Crippen LogP contribution in [0.2, 0.25) is 0 Å². The fraction of sp³-hybridized carbons (Fsp3) is 0.133. The average molecular weight is 268 g/mol. The van der Waals surface area contributed by atoms with E-state index in [0.29, 0.717) is 28.3 Å². The molecule has 20 heavy (non-hydrogen) atoms. The number of methoxy groups -OCH3 is 1. The predicted molar refractivity (Wildman–Crippen MR) is 76.9 cm³/mol. The molecule has 0 heterocycles. The van der Waals surface area contributed by atoms with Crippen molar-refractivity contribution in [3.05, 3.63) is 58.6 Å². The van der Waals surface area contributed by atoms with Gasteiger partial charge in [0, 0.05) is 23.4 Å². The standard InChI is InChI=1S/C15H13N3O2/c1-10-8-13(18-16)14(20-2)9-12(10)15(19)17-11-6-4-3-5-7-11/h3-9H,1-2H3/p+1. The van der Waals surface area contributed by atoms with Crippen molar-refractivity contribution in [2.45, 2.75) is 6.92 Å². The number of carbonyl (C=O) groups excluding carboxylic acids is 1. The number of benzene rings is 2. The van der Waals surface area contributed by atoms with Crippen molar-refractivity contribution in [2.24, 2.45) is 0 Å². The van der Waals surface area contributed by atoms with Gasteiger partial charge in [0.2, 0.25) is 11.1 Å². The van der Waals surface area contributed by atoms with Crippen molar-refractivity contribution in [1.29, 1.82) is 5.39 Å². The molecule has 5 nitrogen and oxygen atoms in total. The van der Waals surface area contributed by atoms with Gasteiger partial charge < -0.3 is 10.1 Å². The van der Waals surface area contributed by atoms with E-state index in [0.717, 1.165) is 0 Å². The minimum absolute atomic E-state index is 0.239. The van der Waals surface area contributed by atoms with Crippen LogP contribution in [-0.4, -0.2) is 13.0 Å². The normalized spacial score (nSPS) is 9.65. The Balaban J connectivity index is 2.33. The fourth-order valence-corrected chi connectivity index (χ4v) is 1.88. The van der Waals surface area contributed by atoms with Crippen LogP contribution in [0, 0.1) is 12.3 Å². The fourth-order valence-electron chi connectivity index (χ4n) is 1.88. The van der Waals surface area contributed by atoms with Crippen LogP contribution in [0.25, 0.3) is 4.98 Å². The van der Waals surface area contributed by atoms with Crippen molar-refractivity contribution in [2.75, 3.05) is 12.4 Å². The second-order valence-corrected chi connectivity index (χ2v) is 4.26. The topological polar surface area (TPSA) is 66.5 Å². The largest absolute Gasteiger partial charge is 0.489 e. The van der Waals surface area contributed by atoms with E-state index in [9.17, 15) is 4.79 Å². The third-order valence-corrected chi connectivity index (χ3v) is 2.91. The van der Waals surface area contributed by atoms with E-state index in [2.05, 4.69) is 10.3 Å². The molecular weight excluding hydrogens is 254 g/mol. The first-order valence-electron chi connectivity index (χ1n) is 6.06. The molecule has 2 aromatic carbocycles. The molecule has 100 valence electrons. The second kappa shape index (κ2) is 5.85. The van der Waals surface area contributed by atoms with Gasteiger partial charge in [-0.05, 0) is 24.6 Å². The molecule has 1 amide bonds. The molecule has 0 radical (unpaired) electrons. The summed E-state index contributed by atoms with van der Waals surface area (Å²) < 4.78 is 5.10. The molecule has 0 unspecified atom stereocenters. The monoisotopic (exact) mass is 268 g/mol. The summed E-state index contributed by atoms with van der Waals surface area (Å²) >= 11 is 0. The lowest BCUT2D eigenvalue weighted by Crippen LogP contribution is -2.13. The molecule has 0 bridgehead atoms. The van der Waals surface area contributed by atoms with Crippen LogP contribution in [0.4, 0.5) is 11.4 Å². The Labute approximate surface area is 116 Å². The van der Waals surface area contributed by atoms with E-state index in [1.54, 1.807) is 19.1 Å². The lowest BCUT2D eigenvalue weighted by atomic mass is 10.1. The number of diazo groups is 1. The van der Waals surface area contributed by atoms with Crippen molar-refractivity contribution >= 4 is 17.3 Å². The highest BCUT2D eigenvalue weighted by molar-refractivity contribution is 6.06. The van der Waals surface area contributed by atoms with Crippen LogP contribution in [0.5, 0.6) is 5.75 Å². The van der Waals surface area contributed by atoms with Crippen molar-refractivity contribution < 1.29 is 9.53 Å². The van der Waals surface area contributed by atoms with Gasteiger partial charge in [-0.15, -0.1) is 0 Å². The van der Waals surface area contributed by atoms with E-state index in [1.807, 2.05) is 30.3 Å². The van der Waals surface area contributed by atoms with Crippen molar-refractivity contribution in [1.82, 2.24) is 0 Å². The molecule has 0 aliphatic rings. The predicted octanol–water partition coefficient (Wildman–Crippen LogP) is 3.74. The molecule has 5 heteroatoms. The maximum atomic E-state index is 12.2. The Morgan fingerprint density at radius 2 is 1.95 bits per heavy atom. The lowest BCUT2D eigenvalue weighted by molar-refractivity contribution is 0.102. The smallest absolute Gasteiger partial charge is 0.426 e. The van der Waals surface area contributed by atoms with Gasteiger partial charge >= 0.3 is 5.69 Å². The average Bonchev–Trinajstić information content (AvgIpc) is 2.47. The number of hydrogen-bond acceptors (Lipinski definition) is 3. The van der Waals surface area contributed by atoms with E-state index >= 15 is 0 Å². The zero-order chi connectivity index (χ0) is 14.5. The highest BCUT2D eigenvalue weighted by Crippen LogP contribution is 2.31. The van der Waals surface area contributed by atoms with Gasteiger partial charge in [0.15, 0.2) is 4.98 Å². The van der Waals surface area contributed by atoms with Crippen LogP contribution < -0.4 is 10.1 Å². The highest BCUT2D eigenvalue weighted by atomic mass is 16.5. The molecule has 2 aromatic rings. The Bertz CT molecular complexity index is 676. The maximum Gasteiger partial charge on any atom is 0.426 e. The number of carbonyl (C=O) groups is 1. The number of nitrogens with zero attached hydrogens (tertiary/aromatic N) is 2. The Hall–Kier alpha value is -2.87. The Morgan fingerprint density at radius 3 is 2.55 bits per heavy atom. The number of rotatable bonds is 3. The van der Waals surface area contributed by atoms with Crippen LogP contribution in [0.1, 0.15) is 15.9 Å². The summed E-state index contributed by atoms with van der Waals surface area (Å²) in [5.41, 5.74) is 2.18. The number of aryl methyl sites for hydroxylation is 1. The summed E-state index contributed by atoms with van der Waals surface area (Å²) in [6.45, 7) is 1.77. The molecule has 0 atom stereocenters. The summed E-state index contributed by atoms with van der Waals surface area (Å²) in [5, 5.41) is 11.7. The van der Waals surface area contributed by atoms with Crippen LogP contribution in [0.15, 0.2) is 42.5 Å². The van der Waals surface area contributed by atoms with Gasteiger partial charge in [-0.3, -0.25) is 4.79 Å². The van der Waals surface area contributed by atoms with Gasteiger partial charge in [0.1, 0.15) is 0 Å². The van der Waals surface area contributed by atoms with Crippen molar-refractivity contribution in [3.63, 3.8) is 0 Å². The number of hydrogen-bond donors (Lipinski definition) is 1. The van der Waals surface area contributed by atoms with Crippen LogP contribution >= 0.6 is 0 Å². The zero-order valence-corrected chi connectivity index (χ0v) is 11.3. The summed E-state index contributed by atoms with van der Waals surface area (Å²) in [4.78, 5) is 15.4. The van der Waals surface area contributed by atoms with Gasteiger partial charge in [-0.2, -0.15) is 0 Å². The summed E-state index contributed by atoms with van der Waals surface area (Å²) in [7, 11) is 1.46. The first kappa shape index (κ1) is 13.6. The minimum Gasteiger partial charge on any atom is -0.489 e. The van der Waals surface area contributed by atoms with E-state index < -0.39 is 0 Å². The SMILES string of the molecule is COc1cc(C(=O)Nc2ccccc2)c(C)cc1[N+]#N. The molecule has 0 spiro atoms. The first-order chi connectivity index (χ1) is 9.65. The second-order valence-electron chi connectivity index (χ2n) is 4.26. The molecule has 1 N–H and O–H groups in total. The molecular formula is C15H14N3O2+. The summed E-state index contributed by atoms with van der Waals surface area (Å²) in [6, 6.07) is 12.3. The van der Waals surface area contributed by atoms with Crippen molar-refractivity contribution in [3.8, 4) is 5.75 Å². The molecule has 0 aliphatic carbocycles. The number of anilines is 1. The molecule has 0 saturated heterocycles. The number of para-hydroxylation sites is 1. The van der Waals surface area contributed by atoms with E-state index in [1.165, 1.54) is 7.11 Å². The summed E-state index contributed by atoms with van der Waals surface area (Å²) in [6.07, 6.45) is 0. The lowest BCUT2D eigenvalue weighted by Gasteiger charge is -2.08. The minimum atomic E-state index is -0.239. The van der Waals surface area contributed by atoms with Gasteiger partial charge in [-0.25, -0.2) is 0 Å². The maximum absolute atomic E-state index is 12.2. The number of amides is 1. The summed E-state index contributed by atoms with van der Waals surface area (Å²) in [5.74, 6) is 0.104. The Kier molecular flexibility index (Phi) is 3.96. The van der Waals surface area contributed by atoms with Gasteiger partial charge in [-0.1, -0.05) is 18.2 Å². The molecule has 0 saturated carbocycles. The number of nitrogens with one attached hydrogen (secondary N) is 1. The highest BCUT2D eigenvalue weighted by Gasteiger charge is 2.20. The zero-order valence-electron chi connectivity index (χ0n) is 11.3. The van der Waals surface area contributed by atoms with E-state index in [-0.39, 0.29) is 5.91 Å². The molecule has 0 aliphatic heterocycles. The van der Waals surface area contributed by atoms with Crippen LogP contribution in [0.3, 0.4) is 0 Å². The van der Waals surface area contributed by atoms with Gasteiger partial charge in [0.05, 0.1) is 7.11 Å². The van der Waals surface area contributed by atoms with Gasteiger partial charge in [0.25, 0.3) is 5.91 Å². The third-order valence-electron chi connectivity index (χ3n) is 2.91. The first-order valence-corrected chi connectivity index (χ1v) is 6.06. The van der Waals surface area contributed by atoms with E-state index in [4.69, 9.17) is 10.1 Å². The Morgan fingerprint density at radius 1 is 1.25 bits per heavy atom. The molecule has 0 fully saturated rings. The quantitative estimate of drug-likeness (QED) is 0.862. The number of ether oxygens (including phenoxy) is 1. The molecule has 0 aromatic heterocycles. The molecule has 2 rings (SSSR count). The van der Waals surface area contributed by atoms with Crippen LogP contribution in [-0.2, 0) is 0 Å². The third kappa shape index (κ3) is 2.75.